The second-order valence-corrected chi connectivity index (χ2v) is 3.98. The highest BCUT2D eigenvalue weighted by atomic mass is 19.4. The number of aryl methyl sites for hydroxylation is 1. The van der Waals surface area contributed by atoms with Crippen LogP contribution in [0.25, 0.3) is 0 Å². The molecule has 92 valence electrons. The quantitative estimate of drug-likeness (QED) is 0.827. The number of carboxylic acids is 1. The number of aromatic nitrogens is 1. The van der Waals surface area contributed by atoms with Gasteiger partial charge >= 0.3 is 12.1 Å². The third-order valence-electron chi connectivity index (χ3n) is 2.87. The van der Waals surface area contributed by atoms with Crippen molar-refractivity contribution in [2.75, 3.05) is 0 Å². The predicted octanol–water partition coefficient (Wildman–Crippen LogP) is 2.68. The molecule has 2 rings (SSSR count). The summed E-state index contributed by atoms with van der Waals surface area (Å²) in [7, 11) is 0. The van der Waals surface area contributed by atoms with Crippen LogP contribution in [0.4, 0.5) is 13.2 Å². The van der Waals surface area contributed by atoms with Crippen molar-refractivity contribution in [1.29, 1.82) is 0 Å². The van der Waals surface area contributed by atoms with Gasteiger partial charge in [-0.1, -0.05) is 0 Å². The molecule has 1 heterocycles. The van der Waals surface area contributed by atoms with E-state index < -0.39 is 23.3 Å². The molecule has 0 fully saturated rings. The van der Waals surface area contributed by atoms with Crippen LogP contribution in [0.2, 0.25) is 0 Å². The highest BCUT2D eigenvalue weighted by Gasteiger charge is 2.39. The van der Waals surface area contributed by atoms with Gasteiger partial charge in [0, 0.05) is 11.9 Å². The Labute approximate surface area is 95.3 Å². The molecule has 0 bridgehead atoms. The third kappa shape index (κ3) is 2.11. The Morgan fingerprint density at radius 1 is 1.29 bits per heavy atom. The number of nitrogens with zero attached hydrogens (tertiary/aromatic N) is 1. The fourth-order valence-corrected chi connectivity index (χ4v) is 2.16. The van der Waals surface area contributed by atoms with Crippen LogP contribution in [-0.4, -0.2) is 16.1 Å². The first kappa shape index (κ1) is 11.9. The van der Waals surface area contributed by atoms with E-state index in [1.807, 2.05) is 0 Å². The fourth-order valence-electron chi connectivity index (χ4n) is 2.16. The minimum Gasteiger partial charge on any atom is -0.478 e. The second kappa shape index (κ2) is 4.01. The van der Waals surface area contributed by atoms with E-state index in [1.165, 1.54) is 0 Å². The first-order valence-electron chi connectivity index (χ1n) is 5.22. The molecular weight excluding hydrogens is 235 g/mol. The zero-order valence-corrected chi connectivity index (χ0v) is 8.84. The van der Waals surface area contributed by atoms with Crippen LogP contribution >= 0.6 is 0 Å². The highest BCUT2D eigenvalue weighted by Crippen LogP contribution is 2.37. The van der Waals surface area contributed by atoms with Gasteiger partial charge in [0.05, 0.1) is 11.1 Å². The molecule has 0 atom stereocenters. The van der Waals surface area contributed by atoms with Gasteiger partial charge in [0.1, 0.15) is 0 Å². The van der Waals surface area contributed by atoms with Gasteiger partial charge < -0.3 is 5.11 Å². The van der Waals surface area contributed by atoms with E-state index in [9.17, 15) is 18.0 Å². The lowest BCUT2D eigenvalue weighted by Gasteiger charge is -2.21. The number of carbonyl (C=O) groups is 1. The molecule has 1 aliphatic rings. The SMILES string of the molecule is O=C(O)c1cnc2c(c1C(F)(F)F)CCCC2. The summed E-state index contributed by atoms with van der Waals surface area (Å²) in [5.41, 5.74) is -1.33. The second-order valence-electron chi connectivity index (χ2n) is 3.98. The van der Waals surface area contributed by atoms with Crippen LogP contribution in [0.15, 0.2) is 6.20 Å². The van der Waals surface area contributed by atoms with Gasteiger partial charge in [-0.05, 0) is 31.2 Å². The van der Waals surface area contributed by atoms with Gasteiger partial charge in [0.15, 0.2) is 0 Å². The number of halogens is 3. The zero-order valence-electron chi connectivity index (χ0n) is 8.84. The number of rotatable bonds is 1. The van der Waals surface area contributed by atoms with Crippen molar-refractivity contribution in [3.63, 3.8) is 0 Å². The number of hydrogen-bond acceptors (Lipinski definition) is 2. The molecule has 1 aromatic heterocycles. The van der Waals surface area contributed by atoms with Crippen LogP contribution in [-0.2, 0) is 19.0 Å². The summed E-state index contributed by atoms with van der Waals surface area (Å²) in [5, 5.41) is 8.79. The molecule has 0 amide bonds. The lowest BCUT2D eigenvalue weighted by Crippen LogP contribution is -2.20. The molecule has 0 radical (unpaired) electrons. The van der Waals surface area contributed by atoms with E-state index >= 15 is 0 Å². The van der Waals surface area contributed by atoms with Gasteiger partial charge in [-0.25, -0.2) is 4.79 Å². The molecule has 0 unspecified atom stereocenters. The molecule has 0 aromatic carbocycles. The van der Waals surface area contributed by atoms with Crippen LogP contribution in [0.5, 0.6) is 0 Å². The van der Waals surface area contributed by atoms with Crippen LogP contribution < -0.4 is 0 Å². The lowest BCUT2D eigenvalue weighted by atomic mass is 9.90. The molecule has 0 aliphatic heterocycles. The molecule has 1 N–H and O–H groups in total. The molecule has 0 saturated heterocycles. The van der Waals surface area contributed by atoms with Crippen LogP contribution in [0.3, 0.4) is 0 Å². The first-order chi connectivity index (χ1) is 7.91. The Hall–Kier alpha value is -1.59. The summed E-state index contributed by atoms with van der Waals surface area (Å²) < 4.78 is 38.7. The van der Waals surface area contributed by atoms with Crippen molar-refractivity contribution < 1.29 is 23.1 Å². The molecule has 0 spiro atoms. The number of alkyl halides is 3. The average molecular weight is 245 g/mol. The molecular formula is C11H10F3NO2. The molecule has 1 aromatic rings. The normalized spacial score (nSPS) is 15.5. The summed E-state index contributed by atoms with van der Waals surface area (Å²) >= 11 is 0. The number of carboxylic acid groups (broad SMARTS) is 1. The van der Waals surface area contributed by atoms with Gasteiger partial charge in [-0.2, -0.15) is 13.2 Å². The summed E-state index contributed by atoms with van der Waals surface area (Å²) in [6.07, 6.45) is -1.66. The number of pyridine rings is 1. The van der Waals surface area contributed by atoms with E-state index in [2.05, 4.69) is 4.98 Å². The Morgan fingerprint density at radius 3 is 2.53 bits per heavy atom. The van der Waals surface area contributed by atoms with Gasteiger partial charge in [0.25, 0.3) is 0 Å². The summed E-state index contributed by atoms with van der Waals surface area (Å²) in [6, 6.07) is 0. The molecule has 0 saturated carbocycles. The standard InChI is InChI=1S/C11H10F3NO2/c12-11(13,14)9-6-3-1-2-4-8(6)15-5-7(9)10(16)17/h5H,1-4H2,(H,16,17). The average Bonchev–Trinajstić information content (AvgIpc) is 2.26. The van der Waals surface area contributed by atoms with Crippen molar-refractivity contribution in [3.8, 4) is 0 Å². The van der Waals surface area contributed by atoms with Crippen molar-refractivity contribution >= 4 is 5.97 Å². The van der Waals surface area contributed by atoms with Gasteiger partial charge in [-0.3, -0.25) is 4.98 Å². The molecule has 3 nitrogen and oxygen atoms in total. The van der Waals surface area contributed by atoms with E-state index in [-0.39, 0.29) is 12.0 Å². The van der Waals surface area contributed by atoms with Gasteiger partial charge in [-0.15, -0.1) is 0 Å². The van der Waals surface area contributed by atoms with Gasteiger partial charge in [0.2, 0.25) is 0 Å². The number of aromatic carboxylic acids is 1. The maximum Gasteiger partial charge on any atom is 0.417 e. The topological polar surface area (TPSA) is 50.2 Å². The minimum atomic E-state index is -4.64. The minimum absolute atomic E-state index is 0.0589. The van der Waals surface area contributed by atoms with Crippen LogP contribution in [0.1, 0.15) is 40.0 Å². The fraction of sp³-hybridized carbons (Fsp3) is 0.455. The molecule has 1 aliphatic carbocycles. The maximum atomic E-state index is 12.9. The third-order valence-corrected chi connectivity index (χ3v) is 2.87. The van der Waals surface area contributed by atoms with Crippen molar-refractivity contribution in [2.45, 2.75) is 31.9 Å². The monoisotopic (exact) mass is 245 g/mol. The largest absolute Gasteiger partial charge is 0.478 e. The summed E-state index contributed by atoms with van der Waals surface area (Å²) in [6.45, 7) is 0. The van der Waals surface area contributed by atoms with E-state index in [4.69, 9.17) is 5.11 Å². The van der Waals surface area contributed by atoms with Crippen molar-refractivity contribution in [3.05, 3.63) is 28.6 Å². The summed E-state index contributed by atoms with van der Waals surface area (Å²) in [5.74, 6) is -1.59. The number of hydrogen-bond donors (Lipinski definition) is 1. The van der Waals surface area contributed by atoms with Crippen LogP contribution in [0, 0.1) is 0 Å². The van der Waals surface area contributed by atoms with E-state index in [0.29, 0.717) is 18.5 Å². The van der Waals surface area contributed by atoms with E-state index in [0.717, 1.165) is 12.6 Å². The Bertz CT molecular complexity index is 469. The highest BCUT2D eigenvalue weighted by molar-refractivity contribution is 5.89. The Kier molecular flexibility index (Phi) is 2.81. The maximum absolute atomic E-state index is 12.9. The number of fused-ring (bicyclic) bond motifs is 1. The Morgan fingerprint density at radius 2 is 1.94 bits per heavy atom. The Balaban J connectivity index is 2.68. The van der Waals surface area contributed by atoms with E-state index in [1.54, 1.807) is 0 Å². The van der Waals surface area contributed by atoms with Crippen molar-refractivity contribution in [1.82, 2.24) is 4.98 Å². The zero-order chi connectivity index (χ0) is 12.6. The molecule has 17 heavy (non-hydrogen) atoms. The lowest BCUT2D eigenvalue weighted by molar-refractivity contribution is -0.138. The smallest absolute Gasteiger partial charge is 0.417 e. The predicted molar refractivity (Wildman–Crippen MR) is 52.8 cm³/mol. The first-order valence-corrected chi connectivity index (χ1v) is 5.22. The van der Waals surface area contributed by atoms with Crippen molar-refractivity contribution in [2.24, 2.45) is 0 Å². The summed E-state index contributed by atoms with van der Waals surface area (Å²) in [4.78, 5) is 14.6. The molecule has 6 heteroatoms.